The van der Waals surface area contributed by atoms with E-state index >= 15 is 0 Å². The van der Waals surface area contributed by atoms with Crippen LogP contribution in [0.4, 0.5) is 0 Å². The summed E-state index contributed by atoms with van der Waals surface area (Å²) in [4.78, 5) is 46.0. The fourth-order valence-electron chi connectivity index (χ4n) is 6.53. The molecule has 0 heterocycles. The van der Waals surface area contributed by atoms with Gasteiger partial charge in [0.1, 0.15) is 12.6 Å². The lowest BCUT2D eigenvalue weighted by Crippen LogP contribution is -2.34. The van der Waals surface area contributed by atoms with Gasteiger partial charge in [-0.3, -0.25) is 23.4 Å². The third-order valence-electron chi connectivity index (χ3n) is 10.2. The normalized spacial score (nSPS) is 13.9. The molecule has 0 aromatic heterocycles. The summed E-state index contributed by atoms with van der Waals surface area (Å²) in [5, 5.41) is 8.90. The highest BCUT2D eigenvalue weighted by Crippen LogP contribution is 2.43. The Balaban J connectivity index is 4.29. The number of esters is 2. The van der Waals surface area contributed by atoms with Gasteiger partial charge in [-0.15, -0.1) is 0 Å². The minimum absolute atomic E-state index is 0.146. The van der Waals surface area contributed by atoms with Gasteiger partial charge in [0, 0.05) is 12.8 Å². The van der Waals surface area contributed by atoms with E-state index in [9.17, 15) is 23.8 Å². The summed E-state index contributed by atoms with van der Waals surface area (Å²) in [6, 6.07) is -1.52. The molecule has 0 aromatic carbocycles. The summed E-state index contributed by atoms with van der Waals surface area (Å²) >= 11 is 0. The highest BCUT2D eigenvalue weighted by molar-refractivity contribution is 7.47. The number of nitrogens with two attached hydrogens (primary N) is 1. The molecule has 4 N–H and O–H groups in total. The van der Waals surface area contributed by atoms with Crippen molar-refractivity contribution in [1.82, 2.24) is 0 Å². The van der Waals surface area contributed by atoms with Gasteiger partial charge in [-0.05, 0) is 38.5 Å². The predicted octanol–water partition coefficient (Wildman–Crippen LogP) is 12.6. The summed E-state index contributed by atoms with van der Waals surface area (Å²) in [5.74, 6) is -2.39. The van der Waals surface area contributed by atoms with E-state index in [1.54, 1.807) is 0 Å². The van der Waals surface area contributed by atoms with Crippen molar-refractivity contribution in [2.24, 2.45) is 5.73 Å². The fraction of sp³-hybridized carbons (Fsp3) is 0.848. The van der Waals surface area contributed by atoms with Crippen LogP contribution in [0.1, 0.15) is 219 Å². The van der Waals surface area contributed by atoms with Gasteiger partial charge in [0.15, 0.2) is 6.10 Å². The second-order valence-electron chi connectivity index (χ2n) is 15.9. The van der Waals surface area contributed by atoms with Crippen LogP contribution < -0.4 is 5.73 Å². The minimum atomic E-state index is -4.72. The Morgan fingerprint density at radius 2 is 0.897 bits per heavy atom. The molecular weight excluding hydrogens is 757 g/mol. The van der Waals surface area contributed by atoms with Crippen molar-refractivity contribution in [3.63, 3.8) is 0 Å². The standard InChI is InChI=1S/C46H86NO10P/c1-3-5-7-9-11-13-15-17-19-20-21-22-24-25-27-29-31-33-35-37-44(48)54-39-42(40-55-58(52,53)56-41-43(47)46(50)51)57-45(49)38-36-34-32-30-28-26-23-18-16-14-12-10-8-6-4-2/h14,16,18,23,42-43H,3-13,15,17,19-22,24-41,47H2,1-2H3,(H,50,51)(H,52,53)/b16-14+,23-18+/t42-,43+/m1/s1. The molecule has 3 atom stereocenters. The summed E-state index contributed by atoms with van der Waals surface area (Å²) in [6.45, 7) is 2.79. The van der Waals surface area contributed by atoms with Crippen molar-refractivity contribution in [3.05, 3.63) is 24.3 Å². The Kier molecular flexibility index (Phi) is 40.2. The fourth-order valence-corrected chi connectivity index (χ4v) is 7.31. The highest BCUT2D eigenvalue weighted by atomic mass is 31.2. The van der Waals surface area contributed by atoms with Crippen molar-refractivity contribution in [2.75, 3.05) is 19.8 Å². The molecule has 1 unspecified atom stereocenters. The third kappa shape index (κ3) is 40.7. The van der Waals surface area contributed by atoms with E-state index < -0.39 is 51.1 Å². The first kappa shape index (κ1) is 56.0. The van der Waals surface area contributed by atoms with E-state index in [2.05, 4.69) is 42.7 Å². The van der Waals surface area contributed by atoms with Crippen LogP contribution in [0.25, 0.3) is 0 Å². The largest absolute Gasteiger partial charge is 0.480 e. The first-order chi connectivity index (χ1) is 28.1. The number of aliphatic carboxylic acids is 1. The Morgan fingerprint density at radius 1 is 0.534 bits per heavy atom. The topological polar surface area (TPSA) is 172 Å². The molecule has 0 radical (unpaired) electrons. The number of carbonyl (C=O) groups is 3. The molecule has 0 fully saturated rings. The SMILES string of the molecule is CCCCCC/C=C/C=C/CCCCCCCC(=O)O[C@H](COC(=O)CCCCCCCCCCCCCCCCCCCCC)COP(=O)(O)OC[C@H](N)C(=O)O. The molecule has 12 heteroatoms. The molecule has 11 nitrogen and oxygen atoms in total. The zero-order valence-corrected chi connectivity index (χ0v) is 37.8. The highest BCUT2D eigenvalue weighted by Gasteiger charge is 2.28. The van der Waals surface area contributed by atoms with E-state index in [1.807, 2.05) is 0 Å². The smallest absolute Gasteiger partial charge is 0.472 e. The number of phosphoric acid groups is 1. The Labute approximate surface area is 353 Å². The number of carbonyl (C=O) groups excluding carboxylic acids is 2. The molecule has 0 saturated carbocycles. The van der Waals surface area contributed by atoms with Crippen molar-refractivity contribution < 1.29 is 47.5 Å². The quantitative estimate of drug-likeness (QED) is 0.0231. The maximum Gasteiger partial charge on any atom is 0.472 e. The Morgan fingerprint density at radius 3 is 1.33 bits per heavy atom. The Bertz CT molecular complexity index is 1080. The van der Waals surface area contributed by atoms with E-state index in [0.29, 0.717) is 12.8 Å². The second kappa shape index (κ2) is 41.7. The van der Waals surface area contributed by atoms with Crippen LogP contribution in [0.2, 0.25) is 0 Å². The van der Waals surface area contributed by atoms with Crippen LogP contribution in [0.3, 0.4) is 0 Å². The van der Waals surface area contributed by atoms with E-state index in [0.717, 1.165) is 57.8 Å². The lowest BCUT2D eigenvalue weighted by Gasteiger charge is -2.20. The van der Waals surface area contributed by atoms with Crippen LogP contribution >= 0.6 is 7.82 Å². The lowest BCUT2D eigenvalue weighted by molar-refractivity contribution is -0.161. The summed E-state index contributed by atoms with van der Waals surface area (Å²) < 4.78 is 32.7. The molecule has 0 spiro atoms. The predicted molar refractivity (Wildman–Crippen MR) is 236 cm³/mol. The first-order valence-corrected chi connectivity index (χ1v) is 24.9. The maximum absolute atomic E-state index is 12.6. The molecule has 0 amide bonds. The molecule has 0 rings (SSSR count). The maximum atomic E-state index is 12.6. The molecule has 340 valence electrons. The van der Waals surface area contributed by atoms with Gasteiger partial charge in [0.05, 0.1) is 13.2 Å². The van der Waals surface area contributed by atoms with Crippen LogP contribution in [-0.2, 0) is 37.5 Å². The number of carboxylic acid groups (broad SMARTS) is 1. The van der Waals surface area contributed by atoms with E-state index in [-0.39, 0.29) is 19.4 Å². The summed E-state index contributed by atoms with van der Waals surface area (Å²) in [7, 11) is -4.72. The van der Waals surface area contributed by atoms with Crippen molar-refractivity contribution in [3.8, 4) is 0 Å². The van der Waals surface area contributed by atoms with Crippen LogP contribution in [-0.4, -0.2) is 59.9 Å². The minimum Gasteiger partial charge on any atom is -0.480 e. The molecule has 58 heavy (non-hydrogen) atoms. The zero-order chi connectivity index (χ0) is 42.8. The third-order valence-corrected chi connectivity index (χ3v) is 11.2. The average molecular weight is 844 g/mol. The summed E-state index contributed by atoms with van der Waals surface area (Å²) in [5.41, 5.74) is 5.34. The Hall–Kier alpha value is -2.04. The molecule has 0 aliphatic heterocycles. The van der Waals surface area contributed by atoms with Crippen LogP contribution in [0.15, 0.2) is 24.3 Å². The molecule has 0 bridgehead atoms. The van der Waals surface area contributed by atoms with Gasteiger partial charge in [-0.2, -0.15) is 0 Å². The molecule has 0 aliphatic rings. The average Bonchev–Trinajstić information content (AvgIpc) is 3.20. The molecule has 0 saturated heterocycles. The number of allylic oxidation sites excluding steroid dienone is 4. The van der Waals surface area contributed by atoms with Gasteiger partial charge < -0.3 is 25.2 Å². The number of hydrogen-bond acceptors (Lipinski definition) is 9. The van der Waals surface area contributed by atoms with Gasteiger partial charge in [0.2, 0.25) is 0 Å². The van der Waals surface area contributed by atoms with Gasteiger partial charge in [-0.25, -0.2) is 4.57 Å². The monoisotopic (exact) mass is 844 g/mol. The summed E-state index contributed by atoms with van der Waals surface area (Å²) in [6.07, 6.45) is 43.8. The van der Waals surface area contributed by atoms with Crippen LogP contribution in [0, 0.1) is 0 Å². The second-order valence-corrected chi connectivity index (χ2v) is 17.4. The number of phosphoric ester groups is 1. The van der Waals surface area contributed by atoms with Gasteiger partial charge >= 0.3 is 25.7 Å². The van der Waals surface area contributed by atoms with E-state index in [1.165, 1.54) is 122 Å². The molecule has 0 aromatic rings. The first-order valence-electron chi connectivity index (χ1n) is 23.4. The number of carboxylic acids is 1. The zero-order valence-electron chi connectivity index (χ0n) is 36.9. The van der Waals surface area contributed by atoms with Gasteiger partial charge in [0.25, 0.3) is 0 Å². The van der Waals surface area contributed by atoms with Crippen molar-refractivity contribution >= 4 is 25.7 Å². The lowest BCUT2D eigenvalue weighted by atomic mass is 10.0. The number of unbranched alkanes of at least 4 members (excludes halogenated alkanes) is 27. The molecule has 0 aliphatic carbocycles. The van der Waals surface area contributed by atoms with E-state index in [4.69, 9.17) is 24.8 Å². The molecular formula is C46H86NO10P. The van der Waals surface area contributed by atoms with Gasteiger partial charge in [-0.1, -0.05) is 192 Å². The number of ether oxygens (including phenoxy) is 2. The number of rotatable bonds is 44. The van der Waals surface area contributed by atoms with Crippen molar-refractivity contribution in [1.29, 1.82) is 0 Å². The number of hydrogen-bond donors (Lipinski definition) is 3. The van der Waals surface area contributed by atoms with Crippen molar-refractivity contribution in [2.45, 2.75) is 231 Å². The van der Waals surface area contributed by atoms with Crippen LogP contribution in [0.5, 0.6) is 0 Å².